The minimum absolute atomic E-state index is 0.00536. The molecule has 0 radical (unpaired) electrons. The maximum absolute atomic E-state index is 12.7. The van der Waals surface area contributed by atoms with Crippen LogP contribution in [0.15, 0.2) is 63.9 Å². The summed E-state index contributed by atoms with van der Waals surface area (Å²) in [6.07, 6.45) is -0.746. The number of nitrogens with zero attached hydrogens (tertiary/aromatic N) is 2. The van der Waals surface area contributed by atoms with Crippen LogP contribution in [0.4, 0.5) is 5.69 Å². The van der Waals surface area contributed by atoms with Crippen molar-refractivity contribution in [1.82, 2.24) is 9.56 Å². The molecule has 2 aromatic heterocycles. The molecule has 9 heteroatoms. The number of fused-ring (bicyclic) bond motifs is 1. The highest BCUT2D eigenvalue weighted by molar-refractivity contribution is 6.30. The molecular weight excluding hydrogens is 446 g/mol. The van der Waals surface area contributed by atoms with E-state index in [0.29, 0.717) is 39.3 Å². The zero-order valence-corrected chi connectivity index (χ0v) is 19.1. The monoisotopic (exact) mass is 467 g/mol. The highest BCUT2D eigenvalue weighted by atomic mass is 35.5. The number of amides is 1. The van der Waals surface area contributed by atoms with Gasteiger partial charge in [0.1, 0.15) is 23.9 Å². The molecular formula is C24H22ClN3O5. The molecule has 8 nitrogen and oxygen atoms in total. The molecule has 0 spiro atoms. The van der Waals surface area contributed by atoms with Crippen molar-refractivity contribution in [3.05, 3.63) is 87.0 Å². The Balaban J connectivity index is 1.47. The fraction of sp³-hybridized carbons (Fsp3) is 0.208. The summed E-state index contributed by atoms with van der Waals surface area (Å²) in [4.78, 5) is 29.3. The molecule has 0 saturated carbocycles. The molecule has 33 heavy (non-hydrogen) atoms. The summed E-state index contributed by atoms with van der Waals surface area (Å²) in [6, 6.07) is 15.3. The summed E-state index contributed by atoms with van der Waals surface area (Å²) in [7, 11) is 0. The fourth-order valence-electron chi connectivity index (χ4n) is 3.13. The highest BCUT2D eigenvalue weighted by Crippen LogP contribution is 2.29. The number of anilines is 1. The second-order valence-corrected chi connectivity index (χ2v) is 8.01. The number of carbonyl (C=O) groups is 1. The van der Waals surface area contributed by atoms with E-state index in [2.05, 4.69) is 10.3 Å². The molecule has 4 aromatic rings. The SMILES string of the molecule is Cc1ccc(OC(C)C(=O)Nc2ccc(Cl)cc2OCc2cc(=O)n3oc(C)cc3n2)cc1. The van der Waals surface area contributed by atoms with E-state index in [-0.39, 0.29) is 18.1 Å². The maximum Gasteiger partial charge on any atom is 0.287 e. The third kappa shape index (κ3) is 5.35. The summed E-state index contributed by atoms with van der Waals surface area (Å²) in [6.45, 7) is 5.36. The number of hydrogen-bond donors (Lipinski definition) is 1. The number of nitrogens with one attached hydrogen (secondary N) is 1. The minimum atomic E-state index is -0.746. The van der Waals surface area contributed by atoms with E-state index in [1.165, 1.54) is 6.07 Å². The van der Waals surface area contributed by atoms with Gasteiger partial charge in [0.25, 0.3) is 11.5 Å². The predicted octanol–water partition coefficient (Wildman–Crippen LogP) is 4.54. The first-order valence-corrected chi connectivity index (χ1v) is 10.6. The summed E-state index contributed by atoms with van der Waals surface area (Å²) in [5.74, 6) is 1.15. The third-order valence-corrected chi connectivity index (χ3v) is 5.04. The molecule has 1 unspecified atom stereocenters. The van der Waals surface area contributed by atoms with Gasteiger partial charge < -0.3 is 19.3 Å². The summed E-state index contributed by atoms with van der Waals surface area (Å²) in [5, 5.41) is 3.23. The normalized spacial score (nSPS) is 11.9. The van der Waals surface area contributed by atoms with E-state index in [0.717, 1.165) is 10.1 Å². The zero-order chi connectivity index (χ0) is 23.5. The number of benzene rings is 2. The van der Waals surface area contributed by atoms with Gasteiger partial charge in [0.15, 0.2) is 11.8 Å². The Hall–Kier alpha value is -3.78. The second kappa shape index (κ2) is 9.38. The van der Waals surface area contributed by atoms with E-state index in [9.17, 15) is 9.59 Å². The van der Waals surface area contributed by atoms with Crippen molar-refractivity contribution in [2.24, 2.45) is 0 Å². The van der Waals surface area contributed by atoms with Crippen LogP contribution < -0.4 is 20.3 Å². The lowest BCUT2D eigenvalue weighted by molar-refractivity contribution is -0.122. The Bertz CT molecular complexity index is 1360. The van der Waals surface area contributed by atoms with E-state index < -0.39 is 6.10 Å². The van der Waals surface area contributed by atoms with Crippen molar-refractivity contribution in [1.29, 1.82) is 0 Å². The van der Waals surface area contributed by atoms with Gasteiger partial charge in [0.2, 0.25) is 0 Å². The van der Waals surface area contributed by atoms with Gasteiger partial charge in [-0.25, -0.2) is 4.98 Å². The van der Waals surface area contributed by atoms with Crippen LogP contribution in [-0.4, -0.2) is 21.6 Å². The fourth-order valence-corrected chi connectivity index (χ4v) is 3.29. The topological polar surface area (TPSA) is 95.1 Å². The molecule has 4 rings (SSSR count). The average Bonchev–Trinajstić information content (AvgIpc) is 3.16. The minimum Gasteiger partial charge on any atom is -0.485 e. The van der Waals surface area contributed by atoms with Gasteiger partial charge >= 0.3 is 0 Å². The van der Waals surface area contributed by atoms with E-state index in [1.54, 1.807) is 38.1 Å². The lowest BCUT2D eigenvalue weighted by atomic mass is 10.2. The van der Waals surface area contributed by atoms with Crippen LogP contribution >= 0.6 is 11.6 Å². The molecule has 2 heterocycles. The van der Waals surface area contributed by atoms with Crippen LogP contribution in [0.1, 0.15) is 23.9 Å². The van der Waals surface area contributed by atoms with Crippen LogP contribution in [0.25, 0.3) is 5.65 Å². The Kier molecular flexibility index (Phi) is 6.37. The Labute approximate surface area is 194 Å². The molecule has 0 fully saturated rings. The molecule has 0 bridgehead atoms. The number of carbonyl (C=O) groups excluding carboxylic acids is 1. The predicted molar refractivity (Wildman–Crippen MR) is 124 cm³/mol. The number of aromatic nitrogens is 2. The molecule has 1 amide bonds. The Morgan fingerprint density at radius 1 is 1.15 bits per heavy atom. The smallest absolute Gasteiger partial charge is 0.287 e. The van der Waals surface area contributed by atoms with Crippen molar-refractivity contribution in [2.45, 2.75) is 33.5 Å². The van der Waals surface area contributed by atoms with Gasteiger partial charge in [-0.3, -0.25) is 9.59 Å². The van der Waals surface area contributed by atoms with Crippen LogP contribution in [-0.2, 0) is 11.4 Å². The summed E-state index contributed by atoms with van der Waals surface area (Å²) in [5.41, 5.74) is 1.96. The highest BCUT2D eigenvalue weighted by Gasteiger charge is 2.18. The lowest BCUT2D eigenvalue weighted by Crippen LogP contribution is -2.30. The number of rotatable bonds is 7. The Morgan fingerprint density at radius 2 is 1.91 bits per heavy atom. The van der Waals surface area contributed by atoms with Crippen molar-refractivity contribution >= 4 is 28.8 Å². The summed E-state index contributed by atoms with van der Waals surface area (Å²) >= 11 is 6.13. The molecule has 2 aromatic carbocycles. The first kappa shape index (κ1) is 22.4. The largest absolute Gasteiger partial charge is 0.485 e. The molecule has 0 aliphatic heterocycles. The lowest BCUT2D eigenvalue weighted by Gasteiger charge is -2.17. The van der Waals surface area contributed by atoms with Crippen molar-refractivity contribution in [3.8, 4) is 11.5 Å². The van der Waals surface area contributed by atoms with Gasteiger partial charge in [0, 0.05) is 23.2 Å². The van der Waals surface area contributed by atoms with Gasteiger partial charge in [-0.05, 0) is 45.0 Å². The van der Waals surface area contributed by atoms with Gasteiger partial charge in [-0.1, -0.05) is 29.3 Å². The Morgan fingerprint density at radius 3 is 2.67 bits per heavy atom. The van der Waals surface area contributed by atoms with Gasteiger partial charge in [0.05, 0.1) is 11.4 Å². The van der Waals surface area contributed by atoms with Crippen LogP contribution in [0.2, 0.25) is 5.02 Å². The maximum atomic E-state index is 12.7. The van der Waals surface area contributed by atoms with Crippen molar-refractivity contribution < 1.29 is 18.8 Å². The van der Waals surface area contributed by atoms with Crippen LogP contribution in [0, 0.1) is 13.8 Å². The van der Waals surface area contributed by atoms with Gasteiger partial charge in [-0.2, -0.15) is 0 Å². The van der Waals surface area contributed by atoms with Crippen molar-refractivity contribution in [2.75, 3.05) is 5.32 Å². The average molecular weight is 468 g/mol. The number of halogens is 1. The quantitative estimate of drug-likeness (QED) is 0.428. The molecule has 1 atom stereocenters. The molecule has 170 valence electrons. The number of hydrogen-bond acceptors (Lipinski definition) is 6. The van der Waals surface area contributed by atoms with Crippen LogP contribution in [0.5, 0.6) is 11.5 Å². The first-order chi connectivity index (χ1) is 15.8. The number of ether oxygens (including phenoxy) is 2. The third-order valence-electron chi connectivity index (χ3n) is 4.80. The van der Waals surface area contributed by atoms with Crippen molar-refractivity contribution in [3.63, 3.8) is 0 Å². The standard InChI is InChI=1S/C24H22ClN3O5/c1-14-4-7-19(8-5-14)32-16(3)24(30)27-20-9-6-17(25)11-21(20)31-13-18-12-23(29)28-22(26-18)10-15(2)33-28/h4-12,16H,13H2,1-3H3,(H,27,30). The number of aryl methyl sites for hydroxylation is 2. The molecule has 1 N–H and O–H groups in total. The van der Waals surface area contributed by atoms with E-state index in [4.69, 9.17) is 25.6 Å². The van der Waals surface area contributed by atoms with E-state index >= 15 is 0 Å². The molecule has 0 saturated heterocycles. The second-order valence-electron chi connectivity index (χ2n) is 7.58. The van der Waals surface area contributed by atoms with E-state index in [1.807, 2.05) is 31.2 Å². The summed E-state index contributed by atoms with van der Waals surface area (Å²) < 4.78 is 18.0. The molecule has 0 aliphatic carbocycles. The van der Waals surface area contributed by atoms with Crippen LogP contribution in [0.3, 0.4) is 0 Å². The zero-order valence-electron chi connectivity index (χ0n) is 18.3. The van der Waals surface area contributed by atoms with Gasteiger partial charge in [-0.15, -0.1) is 4.57 Å². The first-order valence-electron chi connectivity index (χ1n) is 10.2. The molecule has 0 aliphatic rings.